The third kappa shape index (κ3) is 3.65. The van der Waals surface area contributed by atoms with E-state index in [-0.39, 0.29) is 29.0 Å². The smallest absolute Gasteiger partial charge is 0.310 e. The number of nitrogens with zero attached hydrogens (tertiary/aromatic N) is 2. The molecule has 5 aliphatic rings. The van der Waals surface area contributed by atoms with Crippen molar-refractivity contribution in [2.24, 2.45) is 23.2 Å². The number of piperazine rings is 1. The number of anilines is 1. The zero-order valence-electron chi connectivity index (χ0n) is 20.3. The lowest BCUT2D eigenvalue weighted by atomic mass is 9.53. The van der Waals surface area contributed by atoms with E-state index in [1.807, 2.05) is 6.07 Å². The highest BCUT2D eigenvalue weighted by Crippen LogP contribution is 2.62. The molecule has 0 unspecified atom stereocenters. The molecule has 33 heavy (non-hydrogen) atoms. The van der Waals surface area contributed by atoms with Gasteiger partial charge in [-0.3, -0.25) is 9.69 Å². The first kappa shape index (κ1) is 21.7. The van der Waals surface area contributed by atoms with Crippen molar-refractivity contribution in [2.75, 3.05) is 44.8 Å². The molecule has 6 heteroatoms. The summed E-state index contributed by atoms with van der Waals surface area (Å²) < 4.78 is 17.5. The van der Waals surface area contributed by atoms with E-state index in [9.17, 15) is 4.79 Å². The van der Waals surface area contributed by atoms with Crippen LogP contribution in [0.4, 0.5) is 5.69 Å². The molecule has 0 radical (unpaired) electrons. The van der Waals surface area contributed by atoms with Gasteiger partial charge in [0, 0.05) is 49.9 Å². The van der Waals surface area contributed by atoms with Crippen LogP contribution in [0.1, 0.15) is 46.0 Å². The van der Waals surface area contributed by atoms with Crippen LogP contribution in [0.2, 0.25) is 0 Å². The summed E-state index contributed by atoms with van der Waals surface area (Å²) in [4.78, 5) is 18.0. The Labute approximate surface area is 197 Å². The number of ether oxygens (including phenoxy) is 3. The Bertz CT molecular complexity index is 917. The van der Waals surface area contributed by atoms with Crippen molar-refractivity contribution in [1.82, 2.24) is 4.90 Å². The van der Waals surface area contributed by atoms with Gasteiger partial charge < -0.3 is 19.1 Å². The number of rotatable bonds is 4. The van der Waals surface area contributed by atoms with E-state index < -0.39 is 0 Å². The van der Waals surface area contributed by atoms with Gasteiger partial charge in [-0.25, -0.2) is 0 Å². The fraction of sp³-hybridized carbons (Fsp3) is 0.741. The quantitative estimate of drug-likeness (QED) is 0.510. The van der Waals surface area contributed by atoms with Gasteiger partial charge in [0.05, 0.1) is 25.2 Å². The Kier molecular flexibility index (Phi) is 5.18. The van der Waals surface area contributed by atoms with Crippen molar-refractivity contribution < 1.29 is 19.0 Å². The Hall–Kier alpha value is -1.79. The van der Waals surface area contributed by atoms with Crippen LogP contribution in [0, 0.1) is 23.2 Å². The molecular formula is C27H38N2O4. The summed E-state index contributed by atoms with van der Waals surface area (Å²) in [5, 5.41) is 0. The van der Waals surface area contributed by atoms with E-state index in [1.54, 1.807) is 7.11 Å². The van der Waals surface area contributed by atoms with Crippen molar-refractivity contribution in [3.8, 4) is 5.75 Å². The molecule has 0 aromatic heterocycles. The molecule has 7 atom stereocenters. The Balaban J connectivity index is 1.13. The molecule has 5 fully saturated rings. The monoisotopic (exact) mass is 454 g/mol. The van der Waals surface area contributed by atoms with E-state index in [0.29, 0.717) is 17.9 Å². The summed E-state index contributed by atoms with van der Waals surface area (Å²) in [6, 6.07) is 8.71. The Morgan fingerprint density at radius 3 is 2.85 bits per heavy atom. The van der Waals surface area contributed by atoms with Gasteiger partial charge in [-0.2, -0.15) is 0 Å². The van der Waals surface area contributed by atoms with Crippen molar-refractivity contribution in [3.05, 3.63) is 24.3 Å². The Morgan fingerprint density at radius 1 is 1.24 bits per heavy atom. The van der Waals surface area contributed by atoms with Gasteiger partial charge in [0.2, 0.25) is 0 Å². The maximum atomic E-state index is 13.0. The van der Waals surface area contributed by atoms with Crippen molar-refractivity contribution in [2.45, 2.75) is 63.7 Å². The van der Waals surface area contributed by atoms with Crippen LogP contribution < -0.4 is 9.64 Å². The lowest BCUT2D eigenvalue weighted by molar-refractivity contribution is -0.147. The molecule has 6 nitrogen and oxygen atoms in total. The average Bonchev–Trinajstić information content (AvgIpc) is 3.50. The molecular weight excluding hydrogens is 416 g/mol. The zero-order valence-corrected chi connectivity index (χ0v) is 20.3. The summed E-state index contributed by atoms with van der Waals surface area (Å²) in [5.41, 5.74) is 1.59. The third-order valence-corrected chi connectivity index (χ3v) is 9.63. The predicted octanol–water partition coefficient (Wildman–Crippen LogP) is 3.73. The number of hydrogen-bond donors (Lipinski definition) is 0. The number of benzene rings is 1. The number of carbonyl (C=O) groups is 1. The average molecular weight is 455 g/mol. The van der Waals surface area contributed by atoms with Crippen LogP contribution in [0.25, 0.3) is 0 Å². The molecule has 0 amide bonds. The van der Waals surface area contributed by atoms with Crippen LogP contribution in [-0.4, -0.2) is 68.5 Å². The van der Waals surface area contributed by atoms with Crippen LogP contribution >= 0.6 is 0 Å². The van der Waals surface area contributed by atoms with Gasteiger partial charge in [-0.1, -0.05) is 13.0 Å². The molecule has 0 bridgehead atoms. The highest BCUT2D eigenvalue weighted by atomic mass is 16.6. The SMILES string of the molecule is COc1cccc(N2CCN(C[C@@H]3C(=O)O[C@@H]4C[C@@]5(C)CCC[C@]6(CO6)[C@H]5C[C@H]34)C[C@H]2C)c1. The van der Waals surface area contributed by atoms with Crippen LogP contribution in [0.15, 0.2) is 24.3 Å². The van der Waals surface area contributed by atoms with Crippen molar-refractivity contribution in [3.63, 3.8) is 0 Å². The first-order valence-corrected chi connectivity index (χ1v) is 12.9. The normalized spacial score (nSPS) is 42.6. The Morgan fingerprint density at radius 2 is 2.09 bits per heavy atom. The molecule has 0 N–H and O–H groups in total. The number of epoxide rings is 1. The standard InChI is InChI=1S/C27H38N2O4/c1-18-15-28(10-11-29(18)19-6-4-7-20(12-19)31-3)16-22-21-13-24-26(2,14-23(21)33-25(22)30)8-5-9-27(24)17-32-27/h4,6-7,12,18,21-24H,5,8-11,13-17H2,1-3H3/t18-,21-,22+,23-,24+,26-,27+/m1/s1. The summed E-state index contributed by atoms with van der Waals surface area (Å²) >= 11 is 0. The van der Waals surface area contributed by atoms with Crippen LogP contribution in [0.5, 0.6) is 5.75 Å². The second-order valence-corrected chi connectivity index (χ2v) is 11.6. The molecule has 1 spiro atoms. The van der Waals surface area contributed by atoms with Crippen molar-refractivity contribution >= 4 is 11.7 Å². The molecule has 3 heterocycles. The number of carbonyl (C=O) groups excluding carboxylic acids is 1. The van der Waals surface area contributed by atoms with E-state index in [0.717, 1.165) is 51.4 Å². The van der Waals surface area contributed by atoms with Gasteiger partial charge in [0.1, 0.15) is 11.9 Å². The van der Waals surface area contributed by atoms with Crippen molar-refractivity contribution in [1.29, 1.82) is 0 Å². The molecule has 3 saturated heterocycles. The van der Waals surface area contributed by atoms with Crippen LogP contribution in [-0.2, 0) is 14.3 Å². The maximum absolute atomic E-state index is 13.0. The second kappa shape index (κ2) is 7.88. The van der Waals surface area contributed by atoms with Gasteiger partial charge in [0.15, 0.2) is 0 Å². The third-order valence-electron chi connectivity index (χ3n) is 9.63. The predicted molar refractivity (Wildman–Crippen MR) is 126 cm³/mol. The lowest BCUT2D eigenvalue weighted by Crippen LogP contribution is -2.54. The lowest BCUT2D eigenvalue weighted by Gasteiger charge is -2.51. The largest absolute Gasteiger partial charge is 0.497 e. The highest BCUT2D eigenvalue weighted by Gasteiger charge is 2.65. The minimum Gasteiger partial charge on any atom is -0.497 e. The van der Waals surface area contributed by atoms with Gasteiger partial charge >= 0.3 is 5.97 Å². The second-order valence-electron chi connectivity index (χ2n) is 11.6. The van der Waals surface area contributed by atoms with Gasteiger partial charge in [0.25, 0.3) is 0 Å². The summed E-state index contributed by atoms with van der Waals surface area (Å²) in [5.74, 6) is 1.88. The summed E-state index contributed by atoms with van der Waals surface area (Å²) in [6.45, 7) is 9.35. The van der Waals surface area contributed by atoms with E-state index >= 15 is 0 Å². The molecule has 1 aromatic rings. The first-order valence-electron chi connectivity index (χ1n) is 12.9. The minimum atomic E-state index is 0.00726. The van der Waals surface area contributed by atoms with E-state index in [4.69, 9.17) is 14.2 Å². The zero-order chi connectivity index (χ0) is 22.8. The number of fused-ring (bicyclic) bond motifs is 3. The van der Waals surface area contributed by atoms with Crippen LogP contribution in [0.3, 0.4) is 0 Å². The van der Waals surface area contributed by atoms with E-state index in [1.165, 1.54) is 24.9 Å². The maximum Gasteiger partial charge on any atom is 0.310 e. The number of esters is 1. The molecule has 6 rings (SSSR count). The number of hydrogen-bond acceptors (Lipinski definition) is 6. The highest BCUT2D eigenvalue weighted by molar-refractivity contribution is 5.75. The fourth-order valence-electron chi connectivity index (χ4n) is 7.82. The fourth-order valence-corrected chi connectivity index (χ4v) is 7.82. The molecule has 2 saturated carbocycles. The van der Waals surface area contributed by atoms with Gasteiger partial charge in [-0.05, 0) is 62.5 Å². The first-order chi connectivity index (χ1) is 15.9. The molecule has 180 valence electrons. The van der Waals surface area contributed by atoms with E-state index in [2.05, 4.69) is 41.8 Å². The molecule has 2 aliphatic carbocycles. The summed E-state index contributed by atoms with van der Waals surface area (Å²) in [7, 11) is 1.72. The molecule has 1 aromatic carbocycles. The minimum absolute atomic E-state index is 0.00726. The van der Waals surface area contributed by atoms with Gasteiger partial charge in [-0.15, -0.1) is 0 Å². The molecule has 3 aliphatic heterocycles. The topological polar surface area (TPSA) is 54.5 Å². The number of methoxy groups -OCH3 is 1. The summed E-state index contributed by atoms with van der Waals surface area (Å²) in [6.07, 6.45) is 5.92.